The second-order valence-electron chi connectivity index (χ2n) is 6.91. The molecule has 2 atom stereocenters. The summed E-state index contributed by atoms with van der Waals surface area (Å²) in [5, 5.41) is 0. The molecule has 0 spiro atoms. The van der Waals surface area contributed by atoms with Crippen molar-refractivity contribution >= 4 is 11.7 Å². The molecule has 1 heterocycles. The molecule has 0 aromatic heterocycles. The number of para-hydroxylation sites is 1. The van der Waals surface area contributed by atoms with Crippen molar-refractivity contribution < 1.29 is 9.53 Å². The monoisotopic (exact) mass is 352 g/mol. The second kappa shape index (κ2) is 8.86. The number of ether oxygens (including phenoxy) is 1. The van der Waals surface area contributed by atoms with Crippen molar-refractivity contribution in [3.8, 4) is 0 Å². The number of piperazine rings is 1. The molecule has 3 rings (SSSR count). The van der Waals surface area contributed by atoms with E-state index in [1.165, 1.54) is 11.3 Å². The van der Waals surface area contributed by atoms with Gasteiger partial charge in [0.15, 0.2) is 0 Å². The van der Waals surface area contributed by atoms with E-state index in [-0.39, 0.29) is 12.0 Å². The molecule has 0 amide bonds. The molecule has 26 heavy (non-hydrogen) atoms. The topological polar surface area (TPSA) is 32.8 Å². The highest BCUT2D eigenvalue weighted by Gasteiger charge is 2.33. The van der Waals surface area contributed by atoms with Crippen molar-refractivity contribution in [3.63, 3.8) is 0 Å². The molecule has 0 radical (unpaired) electrons. The van der Waals surface area contributed by atoms with Gasteiger partial charge in [0, 0.05) is 37.4 Å². The molecule has 1 aliphatic rings. The van der Waals surface area contributed by atoms with Gasteiger partial charge in [0.05, 0.1) is 13.0 Å². The molecule has 4 heteroatoms. The maximum Gasteiger partial charge on any atom is 0.307 e. The van der Waals surface area contributed by atoms with E-state index >= 15 is 0 Å². The summed E-state index contributed by atoms with van der Waals surface area (Å²) >= 11 is 0. The summed E-state index contributed by atoms with van der Waals surface area (Å²) in [7, 11) is 0. The van der Waals surface area contributed by atoms with E-state index < -0.39 is 0 Å². The van der Waals surface area contributed by atoms with Crippen molar-refractivity contribution in [2.45, 2.75) is 38.9 Å². The fourth-order valence-corrected chi connectivity index (χ4v) is 3.74. The van der Waals surface area contributed by atoms with Crippen LogP contribution in [0.15, 0.2) is 60.7 Å². The van der Waals surface area contributed by atoms with Crippen LogP contribution in [0.1, 0.15) is 25.8 Å². The van der Waals surface area contributed by atoms with Crippen molar-refractivity contribution in [2.75, 3.05) is 24.6 Å². The maximum atomic E-state index is 12.2. The summed E-state index contributed by atoms with van der Waals surface area (Å²) in [6, 6.07) is 21.4. The van der Waals surface area contributed by atoms with E-state index in [1.54, 1.807) is 0 Å². The first-order chi connectivity index (χ1) is 12.7. The SMILES string of the molecule is CCOC(=O)C[C@@H]1CN(c2ccccc2)C[C@@H](C)N1Cc1ccccc1. The fourth-order valence-electron chi connectivity index (χ4n) is 3.74. The minimum absolute atomic E-state index is 0.113. The van der Waals surface area contributed by atoms with Crippen LogP contribution in [0.3, 0.4) is 0 Å². The van der Waals surface area contributed by atoms with Crippen LogP contribution in [0, 0.1) is 0 Å². The minimum atomic E-state index is -0.113. The van der Waals surface area contributed by atoms with Crippen LogP contribution < -0.4 is 4.90 Å². The van der Waals surface area contributed by atoms with Crippen LogP contribution in [0.5, 0.6) is 0 Å². The highest BCUT2D eigenvalue weighted by atomic mass is 16.5. The standard InChI is InChI=1S/C22H28N2O2/c1-3-26-22(25)14-21-17-23(20-12-8-5-9-13-20)15-18(2)24(21)16-19-10-6-4-7-11-19/h4-13,18,21H,3,14-17H2,1-2H3/t18-,21-/m1/s1. The Balaban J connectivity index is 1.78. The number of carbonyl (C=O) groups is 1. The van der Waals surface area contributed by atoms with E-state index in [4.69, 9.17) is 4.74 Å². The van der Waals surface area contributed by atoms with Crippen molar-refractivity contribution in [1.29, 1.82) is 0 Å². The molecule has 0 aliphatic carbocycles. The number of benzene rings is 2. The number of carbonyl (C=O) groups excluding carboxylic acids is 1. The molecule has 0 bridgehead atoms. The maximum absolute atomic E-state index is 12.2. The molecule has 138 valence electrons. The van der Waals surface area contributed by atoms with Gasteiger partial charge in [-0.05, 0) is 31.5 Å². The molecule has 0 saturated carbocycles. The molecule has 2 aromatic rings. The van der Waals surface area contributed by atoms with Gasteiger partial charge < -0.3 is 9.64 Å². The fraction of sp³-hybridized carbons (Fsp3) is 0.409. The normalized spacial score (nSPS) is 20.8. The molecule has 2 aromatic carbocycles. The van der Waals surface area contributed by atoms with Crippen LogP contribution in [-0.4, -0.2) is 42.6 Å². The Kier molecular flexibility index (Phi) is 6.29. The number of hydrogen-bond acceptors (Lipinski definition) is 4. The third-order valence-corrected chi connectivity index (χ3v) is 4.99. The lowest BCUT2D eigenvalue weighted by Crippen LogP contribution is -2.58. The van der Waals surface area contributed by atoms with Gasteiger partial charge in [-0.1, -0.05) is 48.5 Å². The van der Waals surface area contributed by atoms with Crippen LogP contribution in [0.4, 0.5) is 5.69 Å². The molecule has 1 saturated heterocycles. The van der Waals surface area contributed by atoms with E-state index in [9.17, 15) is 4.79 Å². The van der Waals surface area contributed by atoms with Crippen molar-refractivity contribution in [2.24, 2.45) is 0 Å². The summed E-state index contributed by atoms with van der Waals surface area (Å²) in [5.41, 5.74) is 2.49. The summed E-state index contributed by atoms with van der Waals surface area (Å²) in [6.07, 6.45) is 0.425. The Labute approximate surface area is 156 Å². The van der Waals surface area contributed by atoms with Gasteiger partial charge in [-0.15, -0.1) is 0 Å². The first-order valence-corrected chi connectivity index (χ1v) is 9.42. The Morgan fingerprint density at radius 1 is 1.04 bits per heavy atom. The third-order valence-electron chi connectivity index (χ3n) is 4.99. The average Bonchev–Trinajstić information content (AvgIpc) is 2.66. The first-order valence-electron chi connectivity index (χ1n) is 9.42. The summed E-state index contributed by atoms with van der Waals surface area (Å²) < 4.78 is 5.24. The first kappa shape index (κ1) is 18.5. The summed E-state index contributed by atoms with van der Waals surface area (Å²) in [4.78, 5) is 17.0. The Morgan fingerprint density at radius 2 is 1.69 bits per heavy atom. The largest absolute Gasteiger partial charge is 0.466 e. The zero-order valence-electron chi connectivity index (χ0n) is 15.7. The van der Waals surface area contributed by atoms with Gasteiger partial charge in [-0.25, -0.2) is 0 Å². The van der Waals surface area contributed by atoms with Gasteiger partial charge in [-0.2, -0.15) is 0 Å². The van der Waals surface area contributed by atoms with Gasteiger partial charge >= 0.3 is 5.97 Å². The molecular formula is C22H28N2O2. The van der Waals surface area contributed by atoms with Crippen LogP contribution in [0.2, 0.25) is 0 Å². The van der Waals surface area contributed by atoms with E-state index in [0.717, 1.165) is 19.6 Å². The van der Waals surface area contributed by atoms with Gasteiger partial charge in [-0.3, -0.25) is 9.69 Å². The van der Waals surface area contributed by atoms with Crippen molar-refractivity contribution in [1.82, 2.24) is 4.90 Å². The minimum Gasteiger partial charge on any atom is -0.466 e. The lowest BCUT2D eigenvalue weighted by atomic mass is 10.0. The highest BCUT2D eigenvalue weighted by molar-refractivity contribution is 5.70. The van der Waals surface area contributed by atoms with Crippen LogP contribution in [0.25, 0.3) is 0 Å². The summed E-state index contributed by atoms with van der Waals surface area (Å²) in [6.45, 7) is 7.18. The van der Waals surface area contributed by atoms with Crippen molar-refractivity contribution in [3.05, 3.63) is 66.2 Å². The highest BCUT2D eigenvalue weighted by Crippen LogP contribution is 2.25. The van der Waals surface area contributed by atoms with Gasteiger partial charge in [0.2, 0.25) is 0 Å². The molecule has 1 aliphatic heterocycles. The Bertz CT molecular complexity index is 690. The van der Waals surface area contributed by atoms with Crippen LogP contribution in [-0.2, 0) is 16.1 Å². The average molecular weight is 352 g/mol. The number of nitrogens with zero attached hydrogens (tertiary/aromatic N) is 2. The molecule has 4 nitrogen and oxygen atoms in total. The zero-order valence-corrected chi connectivity index (χ0v) is 15.7. The van der Waals surface area contributed by atoms with E-state index in [2.05, 4.69) is 65.3 Å². The predicted molar refractivity (Wildman–Crippen MR) is 105 cm³/mol. The lowest BCUT2D eigenvalue weighted by molar-refractivity contribution is -0.145. The number of rotatable bonds is 6. The smallest absolute Gasteiger partial charge is 0.307 e. The Hall–Kier alpha value is -2.33. The van der Waals surface area contributed by atoms with E-state index in [0.29, 0.717) is 19.1 Å². The Morgan fingerprint density at radius 3 is 2.35 bits per heavy atom. The second-order valence-corrected chi connectivity index (χ2v) is 6.91. The predicted octanol–water partition coefficient (Wildman–Crippen LogP) is 3.72. The molecule has 0 N–H and O–H groups in total. The molecule has 1 fully saturated rings. The lowest BCUT2D eigenvalue weighted by Gasteiger charge is -2.46. The summed E-state index contributed by atoms with van der Waals surface area (Å²) in [5.74, 6) is -0.113. The number of anilines is 1. The van der Waals surface area contributed by atoms with Gasteiger partial charge in [0.25, 0.3) is 0 Å². The van der Waals surface area contributed by atoms with E-state index in [1.807, 2.05) is 19.1 Å². The quantitative estimate of drug-likeness (QED) is 0.742. The zero-order chi connectivity index (χ0) is 18.4. The van der Waals surface area contributed by atoms with Gasteiger partial charge in [0.1, 0.15) is 0 Å². The number of hydrogen-bond donors (Lipinski definition) is 0. The number of esters is 1. The van der Waals surface area contributed by atoms with Crippen LogP contribution >= 0.6 is 0 Å². The molecular weight excluding hydrogens is 324 g/mol. The molecule has 0 unspecified atom stereocenters. The third kappa shape index (κ3) is 4.64.